The molecule has 0 aliphatic rings. The predicted molar refractivity (Wildman–Crippen MR) is 73.3 cm³/mol. The zero-order valence-electron chi connectivity index (χ0n) is 11.8. The van der Waals surface area contributed by atoms with E-state index in [0.29, 0.717) is 7.14 Å². The Morgan fingerprint density at radius 1 is 0.870 bits per heavy atom. The summed E-state index contributed by atoms with van der Waals surface area (Å²) in [4.78, 5) is 0. The van der Waals surface area contributed by atoms with Crippen LogP contribution < -0.4 is 19.3 Å². The molecule has 0 aliphatic carbocycles. The Morgan fingerprint density at radius 2 is 1.26 bits per heavy atom. The molecular formula is C14H13F3IO4S+. The van der Waals surface area contributed by atoms with E-state index in [1.54, 1.807) is 36.4 Å². The third kappa shape index (κ3) is 3.67. The average Bonchev–Trinajstić information content (AvgIpc) is 2.53. The van der Waals surface area contributed by atoms with Crippen LogP contribution in [-0.2, 0) is 15.7 Å². The maximum atomic E-state index is 12.8. The quantitative estimate of drug-likeness (QED) is 0.473. The summed E-state index contributed by atoms with van der Waals surface area (Å²) in [6.07, 6.45) is 0. The molecule has 4 nitrogen and oxygen atoms in total. The Kier molecular flexibility index (Phi) is 5.33. The molecule has 0 amide bonds. The van der Waals surface area contributed by atoms with Crippen molar-refractivity contribution in [2.45, 2.75) is 5.51 Å². The Hall–Kier alpha value is -1.17. The number of rotatable bonds is 5. The monoisotopic (exact) mass is 461 g/mol. The van der Waals surface area contributed by atoms with Gasteiger partial charge in [0.25, 0.3) is 0 Å². The van der Waals surface area contributed by atoms with Gasteiger partial charge in [-0.3, -0.25) is 0 Å². The fraction of sp³-hybridized carbons (Fsp3) is 0.143. The van der Waals surface area contributed by atoms with Gasteiger partial charge in [-0.25, -0.2) is 0 Å². The van der Waals surface area contributed by atoms with Crippen molar-refractivity contribution in [2.24, 2.45) is 0 Å². The zero-order valence-corrected chi connectivity index (χ0v) is 14.8. The molecule has 0 N–H and O–H groups in total. The molecule has 2 aromatic rings. The van der Waals surface area contributed by atoms with Gasteiger partial charge >= 0.3 is 137 Å². The van der Waals surface area contributed by atoms with Crippen LogP contribution >= 0.6 is 0 Å². The second-order valence-corrected chi connectivity index (χ2v) is 12.8. The van der Waals surface area contributed by atoms with Crippen molar-refractivity contribution < 1.29 is 46.4 Å². The molecule has 0 radical (unpaired) electrons. The third-order valence-corrected chi connectivity index (χ3v) is 12.5. The minimum atomic E-state index is -5.81. The second-order valence-electron chi connectivity index (χ2n) is 4.17. The molecular weight excluding hydrogens is 448 g/mol. The maximum absolute atomic E-state index is 12.8. The number of alkyl halides is 3. The summed E-state index contributed by atoms with van der Waals surface area (Å²) in [5.41, 5.74) is -5.52. The van der Waals surface area contributed by atoms with Crippen LogP contribution in [0.1, 0.15) is 0 Å². The molecule has 0 saturated heterocycles. The van der Waals surface area contributed by atoms with Crippen molar-refractivity contribution in [3.63, 3.8) is 0 Å². The van der Waals surface area contributed by atoms with Crippen LogP contribution in [0.25, 0.3) is 0 Å². The van der Waals surface area contributed by atoms with Gasteiger partial charge in [0.1, 0.15) is 0 Å². The molecule has 9 heteroatoms. The van der Waals surface area contributed by atoms with E-state index in [0.717, 1.165) is 7.11 Å². The molecule has 0 spiro atoms. The van der Waals surface area contributed by atoms with E-state index in [1.165, 1.54) is 24.3 Å². The molecule has 0 bridgehead atoms. The summed E-state index contributed by atoms with van der Waals surface area (Å²) in [5.74, 6) is 0. The minimum absolute atomic E-state index is 0.293. The van der Waals surface area contributed by atoms with E-state index in [4.69, 9.17) is 5.58 Å². The summed E-state index contributed by atoms with van der Waals surface area (Å²) in [6.45, 7) is 0. The first-order valence-corrected chi connectivity index (χ1v) is 11.5. The molecule has 0 unspecified atom stereocenters. The number of halogens is 4. The van der Waals surface area contributed by atoms with Crippen molar-refractivity contribution in [1.29, 1.82) is 0 Å². The Labute approximate surface area is 137 Å². The van der Waals surface area contributed by atoms with E-state index in [2.05, 4.69) is 0 Å². The van der Waals surface area contributed by atoms with E-state index in [9.17, 15) is 21.6 Å². The van der Waals surface area contributed by atoms with Crippen LogP contribution in [0.4, 0.5) is 13.2 Å². The first kappa shape index (κ1) is 18.2. The normalized spacial score (nSPS) is 13.7. The van der Waals surface area contributed by atoms with Gasteiger partial charge in [0.05, 0.1) is 0 Å². The zero-order chi connectivity index (χ0) is 17.1. The van der Waals surface area contributed by atoms with E-state index >= 15 is 0 Å². The van der Waals surface area contributed by atoms with Gasteiger partial charge in [-0.1, -0.05) is 0 Å². The van der Waals surface area contributed by atoms with Gasteiger partial charge in [-0.2, -0.15) is 0 Å². The van der Waals surface area contributed by atoms with E-state index in [1.807, 2.05) is 0 Å². The molecule has 2 rings (SSSR count). The first-order chi connectivity index (χ1) is 10.7. The van der Waals surface area contributed by atoms with Gasteiger partial charge < -0.3 is 0 Å². The summed E-state index contributed by atoms with van der Waals surface area (Å²) in [5, 5.41) is 0. The van der Waals surface area contributed by atoms with Crippen LogP contribution in [0.3, 0.4) is 0 Å². The van der Waals surface area contributed by atoms with Crippen molar-refractivity contribution in [3.05, 3.63) is 67.8 Å². The molecule has 0 aliphatic heterocycles. The van der Waals surface area contributed by atoms with E-state index < -0.39 is 34.9 Å². The van der Waals surface area contributed by atoms with Crippen LogP contribution in [0.5, 0.6) is 0 Å². The Balaban J connectivity index is 2.66. The average molecular weight is 461 g/mol. The van der Waals surface area contributed by atoms with Gasteiger partial charge in [-0.05, 0) is 0 Å². The Morgan fingerprint density at radius 3 is 1.57 bits per heavy atom. The van der Waals surface area contributed by atoms with Crippen molar-refractivity contribution in [2.75, 3.05) is 7.11 Å². The molecule has 0 aromatic heterocycles. The van der Waals surface area contributed by atoms with Gasteiger partial charge in [0.15, 0.2) is 0 Å². The first-order valence-electron chi connectivity index (χ1n) is 6.19. The standard InChI is InChI=1S/C14H13F3IO4S/c1-21-18(12-8-4-2-5-9-12,13-10-6-3-7-11-13)22-23(19,20)14(15,16)17/h2-11H,1H3/q+1. The van der Waals surface area contributed by atoms with Gasteiger partial charge in [-0.15, -0.1) is 0 Å². The molecule has 0 fully saturated rings. The van der Waals surface area contributed by atoms with Crippen LogP contribution in [-0.4, -0.2) is 21.0 Å². The number of hydrogen-bond donors (Lipinski definition) is 0. The molecule has 0 heterocycles. The summed E-state index contributed by atoms with van der Waals surface area (Å²) >= 11 is -4.62. The SMILES string of the molecule is CO[I+](OS(=O)(=O)C(F)(F)F)(c1ccccc1)c1ccccc1. The summed E-state index contributed by atoms with van der Waals surface area (Å²) < 4.78 is 72.2. The number of benzene rings is 2. The summed E-state index contributed by atoms with van der Waals surface area (Å²) in [7, 11) is -4.65. The topological polar surface area (TPSA) is 52.6 Å². The van der Waals surface area contributed by atoms with Crippen LogP contribution in [0.15, 0.2) is 60.7 Å². The third-order valence-electron chi connectivity index (χ3n) is 2.71. The molecule has 2 aromatic carbocycles. The fourth-order valence-electron chi connectivity index (χ4n) is 1.72. The molecule has 126 valence electrons. The van der Waals surface area contributed by atoms with Gasteiger partial charge in [0.2, 0.25) is 0 Å². The van der Waals surface area contributed by atoms with Crippen LogP contribution in [0.2, 0.25) is 0 Å². The Bertz CT molecular complexity index is 709. The number of hydrogen-bond acceptors (Lipinski definition) is 4. The summed E-state index contributed by atoms with van der Waals surface area (Å²) in [6, 6.07) is 15.6. The van der Waals surface area contributed by atoms with Crippen molar-refractivity contribution in [3.8, 4) is 0 Å². The molecule has 23 heavy (non-hydrogen) atoms. The van der Waals surface area contributed by atoms with Crippen molar-refractivity contribution in [1.82, 2.24) is 0 Å². The fourth-order valence-corrected chi connectivity index (χ4v) is 11.0. The van der Waals surface area contributed by atoms with Gasteiger partial charge in [0, 0.05) is 0 Å². The second kappa shape index (κ2) is 6.75. The van der Waals surface area contributed by atoms with Crippen LogP contribution in [0, 0.1) is 7.14 Å². The molecule has 0 saturated carbocycles. The predicted octanol–water partition coefficient (Wildman–Crippen LogP) is 0.229. The van der Waals surface area contributed by atoms with E-state index in [-0.39, 0.29) is 0 Å². The van der Waals surface area contributed by atoms with Crippen molar-refractivity contribution >= 4 is 10.1 Å². The molecule has 0 atom stereocenters.